The zero-order valence-electron chi connectivity index (χ0n) is 8.87. The Kier molecular flexibility index (Phi) is 1.97. The monoisotopic (exact) mass is 234 g/mol. The number of hydrogen-bond acceptors (Lipinski definition) is 6. The number of aliphatic carboxylic acids is 1. The van der Waals surface area contributed by atoms with Crippen LogP contribution < -0.4 is 5.32 Å². The van der Waals surface area contributed by atoms with Gasteiger partial charge in [0, 0.05) is 6.54 Å². The van der Waals surface area contributed by atoms with Gasteiger partial charge in [0.15, 0.2) is 5.65 Å². The summed E-state index contributed by atoms with van der Waals surface area (Å²) in [5, 5.41) is 27.0. The van der Waals surface area contributed by atoms with E-state index in [0.29, 0.717) is 30.9 Å². The Hall–Kier alpha value is -2.25. The number of nitrogens with zero attached hydrogens (tertiary/aromatic N) is 5. The van der Waals surface area contributed by atoms with E-state index in [1.54, 1.807) is 12.1 Å². The van der Waals surface area contributed by atoms with Crippen molar-refractivity contribution in [2.45, 2.75) is 12.8 Å². The summed E-state index contributed by atoms with van der Waals surface area (Å²) >= 11 is 0. The first kappa shape index (κ1) is 9.94. The van der Waals surface area contributed by atoms with Gasteiger partial charge < -0.3 is 10.4 Å². The molecular formula is C9H10N6O2. The number of nitrogens with one attached hydrogen (secondary N) is 1. The number of hydrogen-bond donors (Lipinski definition) is 2. The second-order valence-corrected chi connectivity index (χ2v) is 4.18. The molecule has 8 nitrogen and oxygen atoms in total. The summed E-state index contributed by atoms with van der Waals surface area (Å²) in [4.78, 5) is 11.0. The Labute approximate surface area is 95.6 Å². The summed E-state index contributed by atoms with van der Waals surface area (Å²) in [6.07, 6.45) is 1.42. The molecule has 0 bridgehead atoms. The van der Waals surface area contributed by atoms with Gasteiger partial charge in [-0.25, -0.2) is 0 Å². The van der Waals surface area contributed by atoms with Crippen molar-refractivity contribution in [3.63, 3.8) is 0 Å². The van der Waals surface area contributed by atoms with Crippen LogP contribution in [0.1, 0.15) is 12.8 Å². The molecule has 3 rings (SSSR count). The molecule has 1 saturated carbocycles. The Morgan fingerprint density at radius 2 is 2.35 bits per heavy atom. The molecule has 2 aromatic heterocycles. The Bertz CT molecular complexity index is 576. The lowest BCUT2D eigenvalue weighted by atomic mass is 10.1. The largest absolute Gasteiger partial charge is 0.481 e. The molecule has 0 aromatic carbocycles. The summed E-state index contributed by atoms with van der Waals surface area (Å²) < 4.78 is 1.29. The Morgan fingerprint density at radius 1 is 1.53 bits per heavy atom. The maximum absolute atomic E-state index is 11.0. The van der Waals surface area contributed by atoms with Crippen LogP contribution in [0.4, 0.5) is 5.82 Å². The lowest BCUT2D eigenvalue weighted by Gasteiger charge is -2.10. The van der Waals surface area contributed by atoms with E-state index in [4.69, 9.17) is 5.11 Å². The standard InChI is InChI=1S/C9H10N6O2/c16-8(17)9(3-4-9)5-10-6-1-2-7-11-13-14-15(7)12-6/h1-2H,3-5H2,(H,10,12)(H,16,17). The molecule has 0 atom stereocenters. The van der Waals surface area contributed by atoms with Crippen LogP contribution in [0.25, 0.3) is 5.65 Å². The number of fused-ring (bicyclic) bond motifs is 1. The quantitative estimate of drug-likeness (QED) is 0.754. The fourth-order valence-electron chi connectivity index (χ4n) is 1.62. The van der Waals surface area contributed by atoms with E-state index in [9.17, 15) is 4.79 Å². The third-order valence-corrected chi connectivity index (χ3v) is 2.98. The molecule has 1 fully saturated rings. The van der Waals surface area contributed by atoms with Crippen molar-refractivity contribution < 1.29 is 9.90 Å². The van der Waals surface area contributed by atoms with Gasteiger partial charge in [0.05, 0.1) is 5.41 Å². The average molecular weight is 234 g/mol. The summed E-state index contributed by atoms with van der Waals surface area (Å²) in [5.74, 6) is -0.189. The van der Waals surface area contributed by atoms with Crippen LogP contribution in [0.15, 0.2) is 12.1 Å². The fourth-order valence-corrected chi connectivity index (χ4v) is 1.62. The van der Waals surface area contributed by atoms with Crippen LogP contribution in [0.2, 0.25) is 0 Å². The molecule has 0 spiro atoms. The van der Waals surface area contributed by atoms with Gasteiger partial charge in [0.1, 0.15) is 5.82 Å². The zero-order valence-corrected chi connectivity index (χ0v) is 8.87. The number of aromatic nitrogens is 5. The maximum atomic E-state index is 11.0. The second-order valence-electron chi connectivity index (χ2n) is 4.18. The topological polar surface area (TPSA) is 105 Å². The first-order valence-corrected chi connectivity index (χ1v) is 5.22. The third-order valence-electron chi connectivity index (χ3n) is 2.98. The summed E-state index contributed by atoms with van der Waals surface area (Å²) in [6, 6.07) is 3.44. The summed E-state index contributed by atoms with van der Waals surface area (Å²) in [7, 11) is 0. The Balaban J connectivity index is 1.74. The first-order chi connectivity index (χ1) is 8.20. The van der Waals surface area contributed by atoms with Crippen LogP contribution in [-0.2, 0) is 4.79 Å². The van der Waals surface area contributed by atoms with Crippen molar-refractivity contribution in [3.05, 3.63) is 12.1 Å². The molecule has 2 aromatic rings. The van der Waals surface area contributed by atoms with Crippen molar-refractivity contribution in [2.24, 2.45) is 5.41 Å². The van der Waals surface area contributed by atoms with Crippen molar-refractivity contribution in [1.29, 1.82) is 0 Å². The SMILES string of the molecule is O=C(O)C1(CNc2ccc3nnnn3n2)CC1. The van der Waals surface area contributed by atoms with E-state index >= 15 is 0 Å². The summed E-state index contributed by atoms with van der Waals surface area (Å²) in [5.41, 5.74) is -0.0630. The summed E-state index contributed by atoms with van der Waals surface area (Å²) in [6.45, 7) is 0.378. The number of carboxylic acid groups (broad SMARTS) is 1. The normalized spacial score (nSPS) is 16.9. The highest BCUT2D eigenvalue weighted by Gasteiger charge is 2.50. The molecule has 0 saturated heterocycles. The molecular weight excluding hydrogens is 224 g/mol. The van der Waals surface area contributed by atoms with Gasteiger partial charge in [-0.3, -0.25) is 4.79 Å². The molecule has 88 valence electrons. The highest BCUT2D eigenvalue weighted by molar-refractivity contribution is 5.78. The number of carboxylic acids is 1. The van der Waals surface area contributed by atoms with Crippen LogP contribution in [-0.4, -0.2) is 42.9 Å². The van der Waals surface area contributed by atoms with Gasteiger partial charge in [-0.05, 0) is 35.4 Å². The maximum Gasteiger partial charge on any atom is 0.311 e. The highest BCUT2D eigenvalue weighted by atomic mass is 16.4. The fraction of sp³-hybridized carbons (Fsp3) is 0.444. The predicted molar refractivity (Wildman–Crippen MR) is 56.4 cm³/mol. The van der Waals surface area contributed by atoms with Crippen LogP contribution in [0.5, 0.6) is 0 Å². The molecule has 0 unspecified atom stereocenters. The van der Waals surface area contributed by atoms with Crippen molar-refractivity contribution in [3.8, 4) is 0 Å². The van der Waals surface area contributed by atoms with Gasteiger partial charge in [-0.15, -0.1) is 14.8 Å². The van der Waals surface area contributed by atoms with E-state index in [1.807, 2.05) is 0 Å². The predicted octanol–water partition coefficient (Wildman–Crippen LogP) is -0.204. The lowest BCUT2D eigenvalue weighted by molar-refractivity contribution is -0.142. The van der Waals surface area contributed by atoms with Gasteiger partial charge in [0.25, 0.3) is 0 Å². The molecule has 17 heavy (non-hydrogen) atoms. The zero-order chi connectivity index (χ0) is 11.9. The highest BCUT2D eigenvalue weighted by Crippen LogP contribution is 2.45. The van der Waals surface area contributed by atoms with E-state index in [2.05, 4.69) is 25.9 Å². The smallest absolute Gasteiger partial charge is 0.311 e. The molecule has 0 aliphatic heterocycles. The van der Waals surface area contributed by atoms with Crippen molar-refractivity contribution in [2.75, 3.05) is 11.9 Å². The van der Waals surface area contributed by atoms with Crippen molar-refractivity contribution in [1.82, 2.24) is 25.3 Å². The second kappa shape index (κ2) is 3.37. The minimum atomic E-state index is -0.756. The number of carbonyl (C=O) groups is 1. The number of anilines is 1. The molecule has 2 N–H and O–H groups in total. The van der Waals surface area contributed by atoms with Gasteiger partial charge in [-0.1, -0.05) is 0 Å². The van der Waals surface area contributed by atoms with E-state index in [-0.39, 0.29) is 0 Å². The van der Waals surface area contributed by atoms with Gasteiger partial charge in [-0.2, -0.15) is 0 Å². The van der Waals surface area contributed by atoms with Crippen LogP contribution >= 0.6 is 0 Å². The minimum absolute atomic E-state index is 0.378. The average Bonchev–Trinajstić information content (AvgIpc) is 2.98. The van der Waals surface area contributed by atoms with Gasteiger partial charge >= 0.3 is 5.97 Å². The molecule has 8 heteroatoms. The van der Waals surface area contributed by atoms with Gasteiger partial charge in [0.2, 0.25) is 0 Å². The molecule has 0 radical (unpaired) electrons. The first-order valence-electron chi connectivity index (χ1n) is 5.22. The number of rotatable bonds is 4. The third kappa shape index (κ3) is 1.67. The molecule has 0 amide bonds. The van der Waals surface area contributed by atoms with Crippen LogP contribution in [0, 0.1) is 5.41 Å². The molecule has 2 heterocycles. The Morgan fingerprint density at radius 3 is 3.06 bits per heavy atom. The van der Waals surface area contributed by atoms with E-state index in [1.165, 1.54) is 4.63 Å². The number of tetrazole rings is 1. The minimum Gasteiger partial charge on any atom is -0.481 e. The molecule has 1 aliphatic carbocycles. The van der Waals surface area contributed by atoms with Crippen LogP contribution in [0.3, 0.4) is 0 Å². The lowest BCUT2D eigenvalue weighted by Crippen LogP contribution is -2.24. The van der Waals surface area contributed by atoms with E-state index in [0.717, 1.165) is 0 Å². The molecule has 1 aliphatic rings. The van der Waals surface area contributed by atoms with Crippen molar-refractivity contribution >= 4 is 17.4 Å². The van der Waals surface area contributed by atoms with E-state index < -0.39 is 11.4 Å².